The molecule has 2 N–H and O–H groups in total. The lowest BCUT2D eigenvalue weighted by Crippen LogP contribution is -2.39. The first-order valence-corrected chi connectivity index (χ1v) is 9.93. The molecule has 0 fully saturated rings. The normalized spacial score (nSPS) is 16.8. The minimum Gasteiger partial charge on any atom is -0.340 e. The maximum Gasteiger partial charge on any atom is 0.240 e. The summed E-state index contributed by atoms with van der Waals surface area (Å²) in [6.07, 6.45) is 1.96. The first kappa shape index (κ1) is 16.6. The number of thiophene rings is 1. The standard InChI is InChI=1S/C18H22N2OS2/c19-9-11-20(10-6-14-4-2-1-3-5-14)18(21)17-15-7-12-22-16(15)8-13-23-17/h1-5,7,12,17H,6,8-11,13,19H2. The van der Waals surface area contributed by atoms with Crippen molar-refractivity contribution in [3.05, 3.63) is 57.8 Å². The van der Waals surface area contributed by atoms with E-state index < -0.39 is 0 Å². The van der Waals surface area contributed by atoms with Crippen LogP contribution in [0.25, 0.3) is 0 Å². The third-order valence-electron chi connectivity index (χ3n) is 4.12. The minimum atomic E-state index is -0.0488. The molecule has 0 saturated carbocycles. The molecule has 23 heavy (non-hydrogen) atoms. The second-order valence-corrected chi connectivity index (χ2v) is 7.86. The van der Waals surface area contributed by atoms with Crippen LogP contribution in [0.3, 0.4) is 0 Å². The summed E-state index contributed by atoms with van der Waals surface area (Å²) in [5.74, 6) is 1.25. The van der Waals surface area contributed by atoms with Crippen LogP contribution in [0.2, 0.25) is 0 Å². The van der Waals surface area contributed by atoms with E-state index in [1.165, 1.54) is 16.0 Å². The molecule has 2 heterocycles. The molecule has 3 nitrogen and oxygen atoms in total. The number of nitrogens with two attached hydrogens (primary N) is 1. The van der Waals surface area contributed by atoms with E-state index in [2.05, 4.69) is 23.6 Å². The summed E-state index contributed by atoms with van der Waals surface area (Å²) in [5.41, 5.74) is 8.22. The number of thioether (sulfide) groups is 1. The molecule has 0 aliphatic carbocycles. The van der Waals surface area contributed by atoms with Gasteiger partial charge in [0.1, 0.15) is 5.25 Å². The Bertz CT molecular complexity index is 641. The van der Waals surface area contributed by atoms with Crippen LogP contribution in [0.5, 0.6) is 0 Å². The van der Waals surface area contributed by atoms with Crippen LogP contribution in [-0.4, -0.2) is 36.2 Å². The van der Waals surface area contributed by atoms with Crippen molar-refractivity contribution in [3.8, 4) is 0 Å². The van der Waals surface area contributed by atoms with Crippen molar-refractivity contribution in [1.29, 1.82) is 0 Å². The van der Waals surface area contributed by atoms with Crippen molar-refractivity contribution in [1.82, 2.24) is 4.90 Å². The number of nitrogens with zero attached hydrogens (tertiary/aromatic N) is 1. The lowest BCUT2D eigenvalue weighted by molar-refractivity contribution is -0.130. The predicted octanol–water partition coefficient (Wildman–Crippen LogP) is 3.11. The Balaban J connectivity index is 1.70. The SMILES string of the molecule is NCCN(CCc1ccccc1)C(=O)C1SCCc2sccc21. The molecule has 1 aliphatic rings. The monoisotopic (exact) mass is 346 g/mol. The quantitative estimate of drug-likeness (QED) is 0.874. The second-order valence-electron chi connectivity index (χ2n) is 5.65. The van der Waals surface area contributed by atoms with Gasteiger partial charge in [-0.2, -0.15) is 0 Å². The fourth-order valence-electron chi connectivity index (χ4n) is 2.91. The summed E-state index contributed by atoms with van der Waals surface area (Å²) in [7, 11) is 0. The molecule has 1 aliphatic heterocycles. The van der Waals surface area contributed by atoms with E-state index in [4.69, 9.17) is 5.73 Å². The summed E-state index contributed by atoms with van der Waals surface area (Å²) in [6.45, 7) is 1.87. The number of carbonyl (C=O) groups is 1. The number of benzene rings is 1. The van der Waals surface area contributed by atoms with Crippen LogP contribution in [0.4, 0.5) is 0 Å². The highest BCUT2D eigenvalue weighted by Gasteiger charge is 2.31. The molecule has 1 aromatic carbocycles. The van der Waals surface area contributed by atoms with E-state index in [0.29, 0.717) is 13.1 Å². The van der Waals surface area contributed by atoms with E-state index in [-0.39, 0.29) is 11.2 Å². The molecule has 0 bridgehead atoms. The Morgan fingerprint density at radius 3 is 2.83 bits per heavy atom. The highest BCUT2D eigenvalue weighted by molar-refractivity contribution is 8.00. The Morgan fingerprint density at radius 1 is 1.22 bits per heavy atom. The van der Waals surface area contributed by atoms with Gasteiger partial charge in [-0.15, -0.1) is 23.1 Å². The lowest BCUT2D eigenvalue weighted by atomic mass is 10.1. The molecule has 5 heteroatoms. The number of amides is 1. The van der Waals surface area contributed by atoms with Crippen LogP contribution in [0.1, 0.15) is 21.3 Å². The Kier molecular flexibility index (Phi) is 5.75. The number of aryl methyl sites for hydroxylation is 1. The van der Waals surface area contributed by atoms with E-state index in [0.717, 1.165) is 25.1 Å². The maximum atomic E-state index is 13.0. The number of hydrogen-bond acceptors (Lipinski definition) is 4. The van der Waals surface area contributed by atoms with Gasteiger partial charge >= 0.3 is 0 Å². The molecular formula is C18H22N2OS2. The number of carbonyl (C=O) groups excluding carboxylic acids is 1. The number of fused-ring (bicyclic) bond motifs is 1. The van der Waals surface area contributed by atoms with Crippen LogP contribution in [-0.2, 0) is 17.6 Å². The third kappa shape index (κ3) is 3.97. The third-order valence-corrected chi connectivity index (χ3v) is 6.35. The fourth-order valence-corrected chi connectivity index (χ4v) is 5.29. The van der Waals surface area contributed by atoms with Gasteiger partial charge in [-0.1, -0.05) is 30.3 Å². The van der Waals surface area contributed by atoms with Gasteiger partial charge in [0.2, 0.25) is 5.91 Å². The summed E-state index contributed by atoms with van der Waals surface area (Å²) >= 11 is 3.54. The van der Waals surface area contributed by atoms with Crippen LogP contribution in [0, 0.1) is 0 Å². The molecule has 3 rings (SSSR count). The zero-order chi connectivity index (χ0) is 16.1. The molecule has 0 saturated heterocycles. The average molecular weight is 347 g/mol. The predicted molar refractivity (Wildman–Crippen MR) is 99.0 cm³/mol. The first-order valence-electron chi connectivity index (χ1n) is 8.00. The summed E-state index contributed by atoms with van der Waals surface area (Å²) in [4.78, 5) is 16.3. The Morgan fingerprint density at radius 2 is 2.04 bits per heavy atom. The van der Waals surface area contributed by atoms with E-state index in [1.807, 2.05) is 23.1 Å². The van der Waals surface area contributed by atoms with Crippen molar-refractivity contribution in [3.63, 3.8) is 0 Å². The van der Waals surface area contributed by atoms with Gasteiger partial charge in [0.05, 0.1) is 0 Å². The molecule has 1 amide bonds. The summed E-state index contributed by atoms with van der Waals surface area (Å²) in [5, 5.41) is 2.06. The minimum absolute atomic E-state index is 0.0488. The maximum absolute atomic E-state index is 13.0. The molecule has 1 aromatic heterocycles. The molecule has 2 aromatic rings. The van der Waals surface area contributed by atoms with Gasteiger partial charge in [-0.05, 0) is 41.2 Å². The van der Waals surface area contributed by atoms with E-state index in [9.17, 15) is 4.79 Å². The van der Waals surface area contributed by atoms with Gasteiger partial charge in [-0.3, -0.25) is 4.79 Å². The van der Waals surface area contributed by atoms with Crippen LogP contribution >= 0.6 is 23.1 Å². The van der Waals surface area contributed by atoms with Gasteiger partial charge in [-0.25, -0.2) is 0 Å². The first-order chi connectivity index (χ1) is 11.3. The lowest BCUT2D eigenvalue weighted by Gasteiger charge is -2.29. The molecule has 1 atom stereocenters. The smallest absolute Gasteiger partial charge is 0.240 e. The van der Waals surface area contributed by atoms with Crippen molar-refractivity contribution in [2.24, 2.45) is 5.73 Å². The van der Waals surface area contributed by atoms with E-state index in [1.54, 1.807) is 23.1 Å². The van der Waals surface area contributed by atoms with Crippen molar-refractivity contribution in [2.45, 2.75) is 18.1 Å². The molecule has 122 valence electrons. The van der Waals surface area contributed by atoms with Gasteiger partial charge in [0, 0.05) is 24.5 Å². The molecular weight excluding hydrogens is 324 g/mol. The molecule has 0 spiro atoms. The average Bonchev–Trinajstić information content (AvgIpc) is 3.07. The molecule has 0 radical (unpaired) electrons. The van der Waals surface area contributed by atoms with E-state index >= 15 is 0 Å². The van der Waals surface area contributed by atoms with Crippen molar-refractivity contribution < 1.29 is 4.79 Å². The highest BCUT2D eigenvalue weighted by atomic mass is 32.2. The molecule has 1 unspecified atom stereocenters. The number of rotatable bonds is 6. The highest BCUT2D eigenvalue weighted by Crippen LogP contribution is 2.40. The topological polar surface area (TPSA) is 46.3 Å². The number of hydrogen-bond donors (Lipinski definition) is 1. The largest absolute Gasteiger partial charge is 0.340 e. The second kappa shape index (κ2) is 7.99. The Hall–Kier alpha value is -1.30. The van der Waals surface area contributed by atoms with Crippen molar-refractivity contribution in [2.75, 3.05) is 25.4 Å². The zero-order valence-electron chi connectivity index (χ0n) is 13.1. The van der Waals surface area contributed by atoms with Gasteiger partial charge < -0.3 is 10.6 Å². The fraction of sp³-hybridized carbons (Fsp3) is 0.389. The van der Waals surface area contributed by atoms with Gasteiger partial charge in [0.25, 0.3) is 0 Å². The summed E-state index contributed by atoms with van der Waals surface area (Å²) in [6, 6.07) is 12.4. The van der Waals surface area contributed by atoms with Crippen LogP contribution in [0.15, 0.2) is 41.8 Å². The van der Waals surface area contributed by atoms with Crippen molar-refractivity contribution >= 4 is 29.0 Å². The van der Waals surface area contributed by atoms with Gasteiger partial charge in [0.15, 0.2) is 0 Å². The Labute approximate surface area is 145 Å². The van der Waals surface area contributed by atoms with Crippen LogP contribution < -0.4 is 5.73 Å². The zero-order valence-corrected chi connectivity index (χ0v) is 14.7. The summed E-state index contributed by atoms with van der Waals surface area (Å²) < 4.78 is 0.